The minimum atomic E-state index is -0.871. The number of halogens is 1. The summed E-state index contributed by atoms with van der Waals surface area (Å²) in [7, 11) is 0. The van der Waals surface area contributed by atoms with Crippen LogP contribution < -0.4 is 15.6 Å². The molecule has 0 aliphatic carbocycles. The Labute approximate surface area is 202 Å². The summed E-state index contributed by atoms with van der Waals surface area (Å²) in [5.74, 6) is -1.23. The topological polar surface area (TPSA) is 126 Å². The second kappa shape index (κ2) is 11.6. The van der Waals surface area contributed by atoms with Crippen molar-refractivity contribution in [1.82, 2.24) is 10.7 Å². The van der Waals surface area contributed by atoms with Crippen LogP contribution in [-0.4, -0.2) is 55.3 Å². The SMILES string of the molecule is CC(C)C(NC(=O)c1ccccc1Cl)C(=O)N/N=C/c1cc([N+](=O)[O-])ccc1N1CCOCC1. The molecule has 3 rings (SSSR count). The van der Waals surface area contributed by atoms with Crippen LogP contribution >= 0.6 is 11.6 Å². The lowest BCUT2D eigenvalue weighted by Gasteiger charge is -2.29. The molecule has 10 nitrogen and oxygen atoms in total. The normalized spacial score (nSPS) is 14.8. The van der Waals surface area contributed by atoms with Gasteiger partial charge in [0, 0.05) is 36.5 Å². The number of carbonyl (C=O) groups is 2. The largest absolute Gasteiger partial charge is 0.378 e. The highest BCUT2D eigenvalue weighted by Gasteiger charge is 2.25. The lowest BCUT2D eigenvalue weighted by Crippen LogP contribution is -2.48. The number of non-ortho nitro benzene ring substituents is 1. The molecular formula is C23H26ClN5O5. The molecule has 0 bridgehead atoms. The first-order valence-corrected chi connectivity index (χ1v) is 11.1. The highest BCUT2D eigenvalue weighted by Crippen LogP contribution is 2.25. The Hall–Kier alpha value is -3.50. The molecule has 180 valence electrons. The third-order valence-corrected chi connectivity index (χ3v) is 5.64. The fourth-order valence-corrected chi connectivity index (χ4v) is 3.71. The number of anilines is 1. The van der Waals surface area contributed by atoms with Gasteiger partial charge in [-0.3, -0.25) is 19.7 Å². The number of nitrogens with one attached hydrogen (secondary N) is 2. The number of nitro groups is 1. The molecule has 0 saturated carbocycles. The van der Waals surface area contributed by atoms with Crippen LogP contribution in [0.25, 0.3) is 0 Å². The molecule has 0 radical (unpaired) electrons. The zero-order chi connectivity index (χ0) is 24.7. The zero-order valence-corrected chi connectivity index (χ0v) is 19.6. The van der Waals surface area contributed by atoms with Crippen LogP contribution in [0.4, 0.5) is 11.4 Å². The van der Waals surface area contributed by atoms with Crippen molar-refractivity contribution in [3.63, 3.8) is 0 Å². The van der Waals surface area contributed by atoms with E-state index in [-0.39, 0.29) is 22.2 Å². The molecule has 0 spiro atoms. The molecule has 1 saturated heterocycles. The standard InChI is InChI=1S/C23H26ClN5O5/c1-15(2)21(26-22(30)18-5-3-4-6-19(18)24)23(31)27-25-14-16-13-17(29(32)33)7-8-20(16)28-9-11-34-12-10-28/h3-8,13-15,21H,9-12H2,1-2H3,(H,26,30)(H,27,31)/b25-14+. The van der Waals surface area contributed by atoms with Crippen LogP contribution in [0.1, 0.15) is 29.8 Å². The smallest absolute Gasteiger partial charge is 0.270 e. The molecular weight excluding hydrogens is 462 g/mol. The molecule has 1 heterocycles. The summed E-state index contributed by atoms with van der Waals surface area (Å²) in [5.41, 5.74) is 3.84. The summed E-state index contributed by atoms with van der Waals surface area (Å²) in [6.45, 7) is 5.94. The van der Waals surface area contributed by atoms with E-state index in [4.69, 9.17) is 16.3 Å². The van der Waals surface area contributed by atoms with E-state index in [1.54, 1.807) is 44.2 Å². The minimum absolute atomic E-state index is 0.0863. The van der Waals surface area contributed by atoms with Crippen molar-refractivity contribution in [2.75, 3.05) is 31.2 Å². The molecule has 34 heavy (non-hydrogen) atoms. The molecule has 2 aromatic rings. The average molecular weight is 488 g/mol. The third kappa shape index (κ3) is 6.30. The molecule has 2 aromatic carbocycles. The Morgan fingerprint density at radius 2 is 1.91 bits per heavy atom. The van der Waals surface area contributed by atoms with Gasteiger partial charge in [-0.1, -0.05) is 37.6 Å². The van der Waals surface area contributed by atoms with Crippen molar-refractivity contribution >= 4 is 41.0 Å². The van der Waals surface area contributed by atoms with Gasteiger partial charge in [-0.25, -0.2) is 5.43 Å². The second-order valence-electron chi connectivity index (χ2n) is 8.01. The number of hydrogen-bond acceptors (Lipinski definition) is 7. The molecule has 11 heteroatoms. The first-order chi connectivity index (χ1) is 16.3. The van der Waals surface area contributed by atoms with E-state index in [1.165, 1.54) is 18.3 Å². The fourth-order valence-electron chi connectivity index (χ4n) is 3.49. The Morgan fingerprint density at radius 1 is 1.21 bits per heavy atom. The van der Waals surface area contributed by atoms with Crippen molar-refractivity contribution in [2.45, 2.75) is 19.9 Å². The monoisotopic (exact) mass is 487 g/mol. The van der Waals surface area contributed by atoms with Crippen LogP contribution in [0.3, 0.4) is 0 Å². The van der Waals surface area contributed by atoms with Gasteiger partial charge in [-0.05, 0) is 24.1 Å². The number of carbonyl (C=O) groups excluding carboxylic acids is 2. The summed E-state index contributed by atoms with van der Waals surface area (Å²) < 4.78 is 5.37. The minimum Gasteiger partial charge on any atom is -0.378 e. The number of hydrogen-bond donors (Lipinski definition) is 2. The number of hydrazone groups is 1. The first-order valence-electron chi connectivity index (χ1n) is 10.8. The number of ether oxygens (including phenoxy) is 1. The molecule has 2 amide bonds. The van der Waals surface area contributed by atoms with Crippen LogP contribution in [0.5, 0.6) is 0 Å². The predicted octanol–water partition coefficient (Wildman–Crippen LogP) is 2.99. The Bertz CT molecular complexity index is 1090. The average Bonchev–Trinajstić information content (AvgIpc) is 2.82. The van der Waals surface area contributed by atoms with E-state index in [0.717, 1.165) is 5.69 Å². The Morgan fingerprint density at radius 3 is 2.56 bits per heavy atom. The van der Waals surface area contributed by atoms with Gasteiger partial charge >= 0.3 is 0 Å². The van der Waals surface area contributed by atoms with E-state index >= 15 is 0 Å². The maximum absolute atomic E-state index is 12.8. The summed E-state index contributed by atoms with van der Waals surface area (Å²) in [6, 6.07) is 10.2. The van der Waals surface area contributed by atoms with Crippen LogP contribution in [0, 0.1) is 16.0 Å². The number of nitro benzene ring substituents is 1. The highest BCUT2D eigenvalue weighted by molar-refractivity contribution is 6.33. The van der Waals surface area contributed by atoms with Gasteiger partial charge in [-0.2, -0.15) is 5.10 Å². The molecule has 1 aliphatic heterocycles. The maximum Gasteiger partial charge on any atom is 0.270 e. The second-order valence-corrected chi connectivity index (χ2v) is 8.42. The Kier molecular flexibility index (Phi) is 8.55. The van der Waals surface area contributed by atoms with Crippen LogP contribution in [0.2, 0.25) is 5.02 Å². The summed E-state index contributed by atoms with van der Waals surface area (Å²) in [4.78, 5) is 38.2. The molecule has 1 atom stereocenters. The van der Waals surface area contributed by atoms with Crippen molar-refractivity contribution in [3.05, 3.63) is 68.7 Å². The molecule has 0 aromatic heterocycles. The van der Waals surface area contributed by atoms with Gasteiger partial charge in [0.05, 0.1) is 34.9 Å². The summed E-state index contributed by atoms with van der Waals surface area (Å²) >= 11 is 6.08. The van der Waals surface area contributed by atoms with Gasteiger partial charge in [0.15, 0.2) is 0 Å². The lowest BCUT2D eigenvalue weighted by molar-refractivity contribution is -0.384. The molecule has 2 N–H and O–H groups in total. The quantitative estimate of drug-likeness (QED) is 0.335. The maximum atomic E-state index is 12.8. The number of morpholine rings is 1. The van der Waals surface area contributed by atoms with Gasteiger partial charge < -0.3 is 15.0 Å². The van der Waals surface area contributed by atoms with E-state index in [9.17, 15) is 19.7 Å². The van der Waals surface area contributed by atoms with Gasteiger partial charge in [0.2, 0.25) is 0 Å². The van der Waals surface area contributed by atoms with Crippen molar-refractivity contribution in [3.8, 4) is 0 Å². The Balaban J connectivity index is 1.75. The molecule has 1 fully saturated rings. The van der Waals surface area contributed by atoms with Crippen LogP contribution in [0.15, 0.2) is 47.6 Å². The predicted molar refractivity (Wildman–Crippen MR) is 129 cm³/mol. The third-order valence-electron chi connectivity index (χ3n) is 5.31. The summed E-state index contributed by atoms with van der Waals surface area (Å²) in [5, 5.41) is 18.2. The zero-order valence-electron chi connectivity index (χ0n) is 18.9. The van der Waals surface area contributed by atoms with Crippen molar-refractivity contribution in [1.29, 1.82) is 0 Å². The van der Waals surface area contributed by atoms with Gasteiger partial charge in [0.25, 0.3) is 17.5 Å². The van der Waals surface area contributed by atoms with E-state index in [1.807, 2.05) is 4.90 Å². The van der Waals surface area contributed by atoms with E-state index < -0.39 is 22.8 Å². The number of rotatable bonds is 8. The van der Waals surface area contributed by atoms with E-state index in [2.05, 4.69) is 15.8 Å². The fraction of sp³-hybridized carbons (Fsp3) is 0.348. The molecule has 1 unspecified atom stereocenters. The lowest BCUT2D eigenvalue weighted by atomic mass is 10.0. The van der Waals surface area contributed by atoms with Crippen molar-refractivity contribution < 1.29 is 19.2 Å². The van der Waals surface area contributed by atoms with Gasteiger partial charge in [0.1, 0.15) is 6.04 Å². The summed E-state index contributed by atoms with van der Waals surface area (Å²) in [6.07, 6.45) is 1.36. The van der Waals surface area contributed by atoms with Crippen molar-refractivity contribution in [2.24, 2.45) is 11.0 Å². The molecule has 1 aliphatic rings. The van der Waals surface area contributed by atoms with Gasteiger partial charge in [-0.15, -0.1) is 0 Å². The number of nitrogens with zero attached hydrogens (tertiary/aromatic N) is 3. The number of benzene rings is 2. The van der Waals surface area contributed by atoms with E-state index in [0.29, 0.717) is 31.9 Å². The number of amides is 2. The highest BCUT2D eigenvalue weighted by atomic mass is 35.5. The van der Waals surface area contributed by atoms with Crippen LogP contribution in [-0.2, 0) is 9.53 Å². The first kappa shape index (κ1) is 25.1.